The smallest absolute Gasteiger partial charge is 0.0693 e. The molecule has 1 aliphatic carbocycles. The van der Waals surface area contributed by atoms with Crippen LogP contribution < -0.4 is 0 Å². The summed E-state index contributed by atoms with van der Waals surface area (Å²) in [5, 5.41) is 9.78. The first kappa shape index (κ1) is 7.76. The molecule has 1 rings (SSSR count). The van der Waals surface area contributed by atoms with E-state index in [1.54, 1.807) is 21.6 Å². The van der Waals surface area contributed by atoms with Crippen LogP contribution in [0.3, 0.4) is 0 Å². The first-order valence-electron chi connectivity index (χ1n) is 3.13. The van der Waals surface area contributed by atoms with Crippen molar-refractivity contribution >= 4 is 21.6 Å². The van der Waals surface area contributed by atoms with Crippen molar-refractivity contribution in [2.75, 3.05) is 6.26 Å². The Morgan fingerprint density at radius 1 is 1.56 bits per heavy atom. The highest BCUT2D eigenvalue weighted by Gasteiger charge is 2.36. The highest BCUT2D eigenvalue weighted by molar-refractivity contribution is 8.76. The van der Waals surface area contributed by atoms with Crippen LogP contribution in [0, 0.1) is 5.92 Å². The molecule has 0 saturated heterocycles. The van der Waals surface area contributed by atoms with Gasteiger partial charge >= 0.3 is 0 Å². The molecular formula is C6H12OS2. The van der Waals surface area contributed by atoms with Gasteiger partial charge in [-0.05, 0) is 18.6 Å². The second kappa shape index (κ2) is 3.17. The van der Waals surface area contributed by atoms with Crippen molar-refractivity contribution in [1.82, 2.24) is 0 Å². The summed E-state index contributed by atoms with van der Waals surface area (Å²) in [7, 11) is 3.54. The summed E-state index contributed by atoms with van der Waals surface area (Å²) in [5.74, 6) is 0.537. The lowest BCUT2D eigenvalue weighted by Gasteiger charge is -2.37. The van der Waals surface area contributed by atoms with Gasteiger partial charge in [0.1, 0.15) is 0 Å². The van der Waals surface area contributed by atoms with Gasteiger partial charge in [-0.3, -0.25) is 0 Å². The molecule has 9 heavy (non-hydrogen) atoms. The minimum atomic E-state index is -0.0394. The molecule has 3 unspecified atom stereocenters. The second-order valence-corrected chi connectivity index (χ2v) is 5.21. The third kappa shape index (κ3) is 1.57. The van der Waals surface area contributed by atoms with Gasteiger partial charge in [0.05, 0.1) is 6.10 Å². The van der Waals surface area contributed by atoms with E-state index in [0.29, 0.717) is 11.2 Å². The summed E-state index contributed by atoms with van der Waals surface area (Å²) in [6, 6.07) is 0. The van der Waals surface area contributed by atoms with Crippen molar-refractivity contribution in [2.45, 2.75) is 24.7 Å². The molecule has 0 aromatic rings. The van der Waals surface area contributed by atoms with Gasteiger partial charge in [-0.2, -0.15) is 0 Å². The van der Waals surface area contributed by atoms with Crippen LogP contribution in [-0.4, -0.2) is 22.7 Å². The van der Waals surface area contributed by atoms with Gasteiger partial charge in [-0.15, -0.1) is 0 Å². The predicted molar refractivity (Wildman–Crippen MR) is 44.7 cm³/mol. The minimum Gasteiger partial charge on any atom is -0.392 e. The Labute approximate surface area is 64.0 Å². The van der Waals surface area contributed by atoms with Crippen molar-refractivity contribution in [3.05, 3.63) is 0 Å². The summed E-state index contributed by atoms with van der Waals surface area (Å²) < 4.78 is 0. The molecular weight excluding hydrogens is 152 g/mol. The molecule has 1 fully saturated rings. The number of hydrogen-bond donors (Lipinski definition) is 1. The van der Waals surface area contributed by atoms with Crippen LogP contribution in [0.2, 0.25) is 0 Å². The van der Waals surface area contributed by atoms with Crippen molar-refractivity contribution in [3.8, 4) is 0 Å². The average Bonchev–Trinajstić information content (AvgIpc) is 1.88. The fraction of sp³-hybridized carbons (Fsp3) is 1.00. The third-order valence-electron chi connectivity index (χ3n) is 1.79. The third-order valence-corrected chi connectivity index (χ3v) is 4.02. The van der Waals surface area contributed by atoms with Crippen LogP contribution in [0.25, 0.3) is 0 Å². The Kier molecular flexibility index (Phi) is 2.73. The van der Waals surface area contributed by atoms with E-state index in [0.717, 1.165) is 0 Å². The van der Waals surface area contributed by atoms with E-state index in [1.807, 2.05) is 0 Å². The molecule has 0 aromatic carbocycles. The van der Waals surface area contributed by atoms with E-state index in [-0.39, 0.29) is 6.10 Å². The Bertz CT molecular complexity index is 95.1. The standard InChI is InChI=1S/C6H12OS2/c1-4-3-5(6(4)7)9-8-2/h4-7H,3H2,1-2H3. The van der Waals surface area contributed by atoms with Crippen LogP contribution in [-0.2, 0) is 0 Å². The lowest BCUT2D eigenvalue weighted by molar-refractivity contribution is 0.0436. The molecule has 0 radical (unpaired) electrons. The second-order valence-electron chi connectivity index (χ2n) is 2.50. The molecule has 0 bridgehead atoms. The number of aliphatic hydroxyl groups excluding tert-OH is 1. The lowest BCUT2D eigenvalue weighted by atomic mass is 9.83. The lowest BCUT2D eigenvalue weighted by Crippen LogP contribution is -2.42. The number of hydrogen-bond acceptors (Lipinski definition) is 3. The highest BCUT2D eigenvalue weighted by atomic mass is 33.1. The van der Waals surface area contributed by atoms with Gasteiger partial charge in [-0.25, -0.2) is 0 Å². The molecule has 1 nitrogen and oxygen atoms in total. The van der Waals surface area contributed by atoms with Gasteiger partial charge in [-0.1, -0.05) is 28.5 Å². The maximum atomic E-state index is 9.27. The van der Waals surface area contributed by atoms with E-state index >= 15 is 0 Å². The van der Waals surface area contributed by atoms with Crippen molar-refractivity contribution in [1.29, 1.82) is 0 Å². The maximum absolute atomic E-state index is 9.27. The molecule has 3 heteroatoms. The van der Waals surface area contributed by atoms with Crippen molar-refractivity contribution < 1.29 is 5.11 Å². The molecule has 0 heterocycles. The van der Waals surface area contributed by atoms with E-state index in [9.17, 15) is 5.11 Å². The summed E-state index contributed by atoms with van der Waals surface area (Å²) in [6.07, 6.45) is 3.20. The quantitative estimate of drug-likeness (QED) is 0.628. The summed E-state index contributed by atoms with van der Waals surface area (Å²) in [5.41, 5.74) is 0. The van der Waals surface area contributed by atoms with Crippen LogP contribution in [0.4, 0.5) is 0 Å². The van der Waals surface area contributed by atoms with Gasteiger partial charge in [0, 0.05) is 5.25 Å². The first-order valence-corrected chi connectivity index (χ1v) is 5.75. The zero-order valence-electron chi connectivity index (χ0n) is 5.70. The van der Waals surface area contributed by atoms with Crippen molar-refractivity contribution in [2.24, 2.45) is 5.92 Å². The molecule has 1 N–H and O–H groups in total. The molecule has 0 amide bonds. The van der Waals surface area contributed by atoms with Crippen LogP contribution in [0.15, 0.2) is 0 Å². The van der Waals surface area contributed by atoms with E-state index in [2.05, 4.69) is 13.2 Å². The molecule has 0 spiro atoms. The van der Waals surface area contributed by atoms with E-state index in [1.165, 1.54) is 6.42 Å². The molecule has 0 aromatic heterocycles. The summed E-state index contributed by atoms with van der Waals surface area (Å²) in [4.78, 5) is 0. The van der Waals surface area contributed by atoms with Gasteiger partial charge < -0.3 is 5.11 Å². The summed E-state index contributed by atoms with van der Waals surface area (Å²) in [6.45, 7) is 2.10. The normalized spacial score (nSPS) is 42.3. The fourth-order valence-corrected chi connectivity index (χ4v) is 3.37. The van der Waals surface area contributed by atoms with Gasteiger partial charge in [0.25, 0.3) is 0 Å². The minimum absolute atomic E-state index is 0.0394. The number of aliphatic hydroxyl groups is 1. The number of rotatable bonds is 2. The summed E-state index contributed by atoms with van der Waals surface area (Å²) >= 11 is 0. The zero-order chi connectivity index (χ0) is 6.85. The van der Waals surface area contributed by atoms with Gasteiger partial charge in [0.15, 0.2) is 0 Å². The molecule has 3 atom stereocenters. The Morgan fingerprint density at radius 2 is 2.22 bits per heavy atom. The topological polar surface area (TPSA) is 20.2 Å². The van der Waals surface area contributed by atoms with Crippen LogP contribution in [0.5, 0.6) is 0 Å². The maximum Gasteiger partial charge on any atom is 0.0693 e. The Balaban J connectivity index is 2.17. The average molecular weight is 164 g/mol. The zero-order valence-corrected chi connectivity index (χ0v) is 7.34. The monoisotopic (exact) mass is 164 g/mol. The van der Waals surface area contributed by atoms with E-state index in [4.69, 9.17) is 0 Å². The molecule has 0 aliphatic heterocycles. The Morgan fingerprint density at radius 3 is 2.56 bits per heavy atom. The van der Waals surface area contributed by atoms with E-state index < -0.39 is 0 Å². The van der Waals surface area contributed by atoms with Crippen molar-refractivity contribution in [3.63, 3.8) is 0 Å². The molecule has 54 valence electrons. The first-order chi connectivity index (χ1) is 4.25. The van der Waals surface area contributed by atoms with Gasteiger partial charge in [0.2, 0.25) is 0 Å². The van der Waals surface area contributed by atoms with Crippen LogP contribution in [0.1, 0.15) is 13.3 Å². The Hall–Kier alpha value is 0.660. The fourth-order valence-electron chi connectivity index (χ4n) is 1.04. The molecule has 1 aliphatic rings. The highest BCUT2D eigenvalue weighted by Crippen LogP contribution is 2.41. The predicted octanol–water partition coefficient (Wildman–Crippen LogP) is 1.77. The SMILES string of the molecule is CSSC1CC(C)C1O. The molecule has 1 saturated carbocycles. The largest absolute Gasteiger partial charge is 0.392 e. The van der Waals surface area contributed by atoms with Crippen LogP contribution >= 0.6 is 21.6 Å².